The molecule has 1 saturated carbocycles. The summed E-state index contributed by atoms with van der Waals surface area (Å²) >= 11 is 0. The maximum atomic E-state index is 13.1. The summed E-state index contributed by atoms with van der Waals surface area (Å²) in [5, 5.41) is 19.5. The molecule has 2 atom stereocenters. The molecule has 1 amide bonds. The van der Waals surface area contributed by atoms with Crippen molar-refractivity contribution >= 4 is 34.0 Å². The Balaban J connectivity index is 1.20. The summed E-state index contributed by atoms with van der Waals surface area (Å²) in [6, 6.07) is 17.9. The van der Waals surface area contributed by atoms with Crippen LogP contribution in [-0.2, 0) is 17.3 Å². The maximum Gasteiger partial charge on any atom is 0.240 e. The van der Waals surface area contributed by atoms with E-state index in [0.717, 1.165) is 56.7 Å². The van der Waals surface area contributed by atoms with Crippen LogP contribution in [0.5, 0.6) is 17.4 Å². The lowest BCUT2D eigenvalue weighted by atomic mass is 9.91. The number of amides is 1. The van der Waals surface area contributed by atoms with Gasteiger partial charge in [-0.25, -0.2) is 0 Å². The lowest BCUT2D eigenvalue weighted by Crippen LogP contribution is -2.21. The zero-order valence-electron chi connectivity index (χ0n) is 22.5. The largest absolute Gasteiger partial charge is 0.497 e. The van der Waals surface area contributed by atoms with Gasteiger partial charge in [-0.15, -0.1) is 5.10 Å². The van der Waals surface area contributed by atoms with Crippen LogP contribution in [-0.4, -0.2) is 47.2 Å². The van der Waals surface area contributed by atoms with Gasteiger partial charge in [-0.05, 0) is 65.6 Å². The normalized spacial score (nSPS) is 19.0. The molecule has 10 nitrogen and oxygen atoms in total. The average Bonchev–Trinajstić information content (AvgIpc) is 3.28. The van der Waals surface area contributed by atoms with Crippen molar-refractivity contribution in [1.29, 1.82) is 0 Å². The first-order valence-corrected chi connectivity index (χ1v) is 13.0. The van der Waals surface area contributed by atoms with Crippen molar-refractivity contribution in [1.82, 2.24) is 20.0 Å². The summed E-state index contributed by atoms with van der Waals surface area (Å²) in [4.78, 5) is 13.1. The standard InChI is InChI=1S/C30H28N6O4/c1-36-15-20(28(35-36)40-4)16-6-10-26(39-3)25(11-16)31-27-19-8-5-17(12-24(19)33-34-27)22-14-30(22)21-13-18(38-2)7-9-23(21)32-29(30)37/h5-13,15,22H,14H2,1-4H3,(H,32,37)(H2,31,33,34)/t22-,30-/m0/s1. The number of methoxy groups -OCH3 is 3. The number of H-pyrrole nitrogens is 1. The molecule has 2 aromatic heterocycles. The minimum absolute atomic E-state index is 0.0463. The molecule has 202 valence electrons. The molecule has 3 aromatic carbocycles. The summed E-state index contributed by atoms with van der Waals surface area (Å²) in [6.07, 6.45) is 2.67. The van der Waals surface area contributed by atoms with Gasteiger partial charge >= 0.3 is 0 Å². The van der Waals surface area contributed by atoms with Crippen LogP contribution in [0.15, 0.2) is 60.8 Å². The van der Waals surface area contributed by atoms with Gasteiger partial charge in [-0.1, -0.05) is 12.1 Å². The predicted octanol–water partition coefficient (Wildman–Crippen LogP) is 5.11. The van der Waals surface area contributed by atoms with Crippen molar-refractivity contribution in [2.75, 3.05) is 32.0 Å². The molecule has 10 heteroatoms. The molecular weight excluding hydrogens is 508 g/mol. The number of anilines is 3. The van der Waals surface area contributed by atoms with E-state index in [1.54, 1.807) is 26.0 Å². The van der Waals surface area contributed by atoms with Gasteiger partial charge in [0.1, 0.15) is 11.5 Å². The van der Waals surface area contributed by atoms with Crippen molar-refractivity contribution < 1.29 is 19.0 Å². The van der Waals surface area contributed by atoms with Crippen LogP contribution < -0.4 is 24.8 Å². The minimum Gasteiger partial charge on any atom is -0.497 e. The molecule has 0 bridgehead atoms. The third-order valence-electron chi connectivity index (χ3n) is 8.06. The maximum absolute atomic E-state index is 13.1. The predicted molar refractivity (Wildman–Crippen MR) is 152 cm³/mol. The second-order valence-electron chi connectivity index (χ2n) is 10.2. The second-order valence-corrected chi connectivity index (χ2v) is 10.2. The number of benzene rings is 3. The second kappa shape index (κ2) is 8.77. The molecule has 40 heavy (non-hydrogen) atoms. The Bertz CT molecular complexity index is 1810. The van der Waals surface area contributed by atoms with Crippen molar-refractivity contribution in [2.45, 2.75) is 17.8 Å². The Hall–Kier alpha value is -4.99. The number of nitrogens with one attached hydrogen (secondary N) is 3. The molecule has 3 N–H and O–H groups in total. The first-order chi connectivity index (χ1) is 19.4. The van der Waals surface area contributed by atoms with Gasteiger partial charge in [0.05, 0.1) is 43.5 Å². The molecule has 0 radical (unpaired) electrons. The molecule has 5 aromatic rings. The van der Waals surface area contributed by atoms with Crippen molar-refractivity contribution in [3.05, 3.63) is 71.9 Å². The number of fused-ring (bicyclic) bond motifs is 3. The topological polar surface area (TPSA) is 115 Å². The van der Waals surface area contributed by atoms with Crippen molar-refractivity contribution in [2.24, 2.45) is 7.05 Å². The van der Waals surface area contributed by atoms with E-state index in [4.69, 9.17) is 14.2 Å². The van der Waals surface area contributed by atoms with Gasteiger partial charge in [-0.2, -0.15) is 5.10 Å². The number of rotatable bonds is 7. The molecular formula is C30H28N6O4. The number of aromatic amines is 1. The zero-order valence-corrected chi connectivity index (χ0v) is 22.5. The van der Waals surface area contributed by atoms with E-state index in [-0.39, 0.29) is 11.8 Å². The van der Waals surface area contributed by atoms with E-state index in [2.05, 4.69) is 38.1 Å². The molecule has 7 rings (SSSR count). The van der Waals surface area contributed by atoms with Gasteiger partial charge in [-0.3, -0.25) is 14.6 Å². The summed E-state index contributed by atoms with van der Waals surface area (Å²) in [6.45, 7) is 0. The third-order valence-corrected chi connectivity index (χ3v) is 8.06. The zero-order chi connectivity index (χ0) is 27.6. The van der Waals surface area contributed by atoms with Crippen LogP contribution in [0.25, 0.3) is 22.0 Å². The van der Waals surface area contributed by atoms with Crippen LogP contribution in [0.2, 0.25) is 0 Å². The lowest BCUT2D eigenvalue weighted by Gasteiger charge is -2.12. The van der Waals surface area contributed by atoms with E-state index < -0.39 is 5.41 Å². The first kappa shape index (κ1) is 24.1. The smallest absolute Gasteiger partial charge is 0.240 e. The highest BCUT2D eigenvalue weighted by Gasteiger charge is 2.65. The number of ether oxygens (including phenoxy) is 3. The van der Waals surface area contributed by atoms with E-state index in [0.29, 0.717) is 17.4 Å². The fraction of sp³-hybridized carbons (Fsp3) is 0.233. The summed E-state index contributed by atoms with van der Waals surface area (Å²) in [7, 11) is 6.74. The van der Waals surface area contributed by atoms with E-state index in [1.165, 1.54) is 0 Å². The van der Waals surface area contributed by atoms with Crippen molar-refractivity contribution in [3.8, 4) is 28.5 Å². The van der Waals surface area contributed by atoms with E-state index in [9.17, 15) is 4.79 Å². The Morgan fingerprint density at radius 3 is 2.70 bits per heavy atom. The highest BCUT2D eigenvalue weighted by Crippen LogP contribution is 2.65. The van der Waals surface area contributed by atoms with Gasteiger partial charge in [0, 0.05) is 30.2 Å². The molecule has 1 aliphatic heterocycles. The average molecular weight is 537 g/mol. The summed E-state index contributed by atoms with van der Waals surface area (Å²) in [5.74, 6) is 2.78. The number of nitrogens with zero attached hydrogens (tertiary/aromatic N) is 3. The Kier molecular flexibility index (Phi) is 5.28. The number of carbonyl (C=O) groups excluding carboxylic acids is 1. The van der Waals surface area contributed by atoms with Crippen LogP contribution in [0.3, 0.4) is 0 Å². The number of aryl methyl sites for hydroxylation is 1. The third kappa shape index (κ3) is 3.52. The van der Waals surface area contributed by atoms with Crippen LogP contribution in [0.4, 0.5) is 17.2 Å². The van der Waals surface area contributed by atoms with E-state index >= 15 is 0 Å². The van der Waals surface area contributed by atoms with Crippen LogP contribution in [0, 0.1) is 0 Å². The van der Waals surface area contributed by atoms with E-state index in [1.807, 2.05) is 55.7 Å². The number of aromatic nitrogens is 4. The minimum atomic E-state index is -0.556. The van der Waals surface area contributed by atoms with Gasteiger partial charge in [0.2, 0.25) is 11.8 Å². The Morgan fingerprint density at radius 1 is 1.02 bits per heavy atom. The molecule has 1 spiro atoms. The Morgan fingerprint density at radius 2 is 1.90 bits per heavy atom. The Labute approximate surface area is 230 Å². The summed E-state index contributed by atoms with van der Waals surface area (Å²) < 4.78 is 18.2. The molecule has 0 unspecified atom stereocenters. The quantitative estimate of drug-likeness (QED) is 0.265. The monoisotopic (exact) mass is 536 g/mol. The number of hydrogen-bond donors (Lipinski definition) is 3. The summed E-state index contributed by atoms with van der Waals surface area (Å²) in [5.41, 5.74) is 5.86. The van der Waals surface area contributed by atoms with Crippen LogP contribution in [0.1, 0.15) is 23.5 Å². The van der Waals surface area contributed by atoms with Crippen LogP contribution >= 0.6 is 0 Å². The lowest BCUT2D eigenvalue weighted by molar-refractivity contribution is -0.118. The SMILES string of the molecule is COc1ccc2c(c1)[C@]1(C[C@H]1c1ccc3c(Nc4cc(-c5cn(C)nc5OC)ccc4OC)n[nH]c3c1)C(=O)N2. The molecule has 1 fully saturated rings. The molecule has 0 saturated heterocycles. The van der Waals surface area contributed by atoms with Gasteiger partial charge in [0.25, 0.3) is 0 Å². The number of hydrogen-bond acceptors (Lipinski definition) is 7. The van der Waals surface area contributed by atoms with Gasteiger partial charge < -0.3 is 24.8 Å². The first-order valence-electron chi connectivity index (χ1n) is 13.0. The van der Waals surface area contributed by atoms with Gasteiger partial charge in [0.15, 0.2) is 5.82 Å². The fourth-order valence-corrected chi connectivity index (χ4v) is 5.97. The van der Waals surface area contributed by atoms with Crippen molar-refractivity contribution in [3.63, 3.8) is 0 Å². The molecule has 1 aliphatic carbocycles. The highest BCUT2D eigenvalue weighted by molar-refractivity contribution is 6.10. The molecule has 3 heterocycles. The number of carbonyl (C=O) groups is 1. The highest BCUT2D eigenvalue weighted by atomic mass is 16.5. The molecule has 2 aliphatic rings. The fourth-order valence-electron chi connectivity index (χ4n) is 5.97.